The van der Waals surface area contributed by atoms with Gasteiger partial charge in [0.15, 0.2) is 0 Å². The molecular weight excluding hydrogens is 884 g/mol. The molecule has 0 atom stereocenters. The molecule has 9 nitrogen and oxygen atoms in total. The lowest BCUT2D eigenvalue weighted by atomic mass is 9.72. The molecule has 4 aromatic rings. The third kappa shape index (κ3) is 13.6. The molecule has 4 N–H and O–H groups in total. The van der Waals surface area contributed by atoms with E-state index in [0.717, 1.165) is 105 Å². The lowest BCUT2D eigenvalue weighted by molar-refractivity contribution is -0.191. The minimum atomic E-state index is -0.602. The summed E-state index contributed by atoms with van der Waals surface area (Å²) in [7, 11) is 0. The first-order valence-electron chi connectivity index (χ1n) is 25.8. The number of aliphatic carboxylic acids is 1. The van der Waals surface area contributed by atoms with Gasteiger partial charge in [-0.1, -0.05) is 84.9 Å². The summed E-state index contributed by atoms with van der Waals surface area (Å²) in [6.07, 6.45) is 22.4. The highest BCUT2D eigenvalue weighted by Crippen LogP contribution is 2.57. The number of aldehydes is 1. The van der Waals surface area contributed by atoms with Gasteiger partial charge in [0.05, 0.1) is 17.6 Å². The summed E-state index contributed by atoms with van der Waals surface area (Å²) in [5.41, 5.74) is 9.32. The van der Waals surface area contributed by atoms with E-state index in [1.165, 1.54) is 74.1 Å². The topological polar surface area (TPSA) is 145 Å². The second-order valence-corrected chi connectivity index (χ2v) is 24.5. The van der Waals surface area contributed by atoms with Crippen molar-refractivity contribution >= 4 is 52.4 Å². The van der Waals surface area contributed by atoms with E-state index >= 15 is 0 Å². The number of carboxylic acid groups (broad SMARTS) is 1. The van der Waals surface area contributed by atoms with Gasteiger partial charge in [-0.2, -0.15) is 9.59 Å². The third-order valence-electron chi connectivity index (χ3n) is 17.4. The van der Waals surface area contributed by atoms with E-state index < -0.39 is 11.4 Å². The molecule has 6 saturated carbocycles. The van der Waals surface area contributed by atoms with Crippen LogP contribution < -0.4 is 20.5 Å². The van der Waals surface area contributed by atoms with Gasteiger partial charge >= 0.3 is 12.1 Å². The van der Waals surface area contributed by atoms with Crippen LogP contribution in [0.25, 0.3) is 21.5 Å². The van der Waals surface area contributed by atoms with Crippen LogP contribution in [0.2, 0.25) is 0 Å². The molecular formula is C59H81ClN2O7. The van der Waals surface area contributed by atoms with E-state index in [0.29, 0.717) is 34.0 Å². The summed E-state index contributed by atoms with van der Waals surface area (Å²) in [6.45, 7) is 17.3. The molecule has 0 saturated heterocycles. The van der Waals surface area contributed by atoms with Crippen LogP contribution in [0.15, 0.2) is 72.8 Å². The Labute approximate surface area is 418 Å². The summed E-state index contributed by atoms with van der Waals surface area (Å²) in [4.78, 5) is 38.8. The summed E-state index contributed by atoms with van der Waals surface area (Å²) in [6, 6.07) is 25.0. The van der Waals surface area contributed by atoms with Crippen molar-refractivity contribution in [3.05, 3.63) is 83.9 Å². The van der Waals surface area contributed by atoms with Gasteiger partial charge in [0.1, 0.15) is 17.8 Å². The van der Waals surface area contributed by atoms with Crippen LogP contribution in [0.4, 0.5) is 0 Å². The monoisotopic (exact) mass is 965 g/mol. The minimum Gasteiger partial charge on any atom is -0.490 e. The number of rotatable bonds is 9. The number of carbonyl (C=O) groups excluding carboxylic acids is 3. The van der Waals surface area contributed by atoms with Crippen molar-refractivity contribution in [3.8, 4) is 11.5 Å². The Bertz CT molecular complexity index is 2380. The molecule has 6 fully saturated rings. The third-order valence-corrected chi connectivity index (χ3v) is 17.4. The van der Waals surface area contributed by atoms with E-state index in [9.17, 15) is 14.7 Å². The molecule has 6 aliphatic carbocycles. The van der Waals surface area contributed by atoms with Gasteiger partial charge in [0, 0.05) is 23.2 Å². The number of hydrogen-bond acceptors (Lipinski definition) is 8. The Balaban J connectivity index is 0.000000187. The second kappa shape index (κ2) is 22.0. The van der Waals surface area contributed by atoms with Gasteiger partial charge in [-0.05, 0) is 207 Å². The van der Waals surface area contributed by atoms with E-state index in [1.54, 1.807) is 0 Å². The number of hydrogen-bond donors (Lipinski definition) is 3. The van der Waals surface area contributed by atoms with Gasteiger partial charge in [0.2, 0.25) is 0 Å². The Morgan fingerprint density at radius 3 is 1.51 bits per heavy atom. The van der Waals surface area contributed by atoms with Crippen molar-refractivity contribution in [2.24, 2.45) is 39.2 Å². The quantitative estimate of drug-likeness (QED) is 0.140. The first kappa shape index (κ1) is 54.1. The molecule has 10 heteroatoms. The van der Waals surface area contributed by atoms with Gasteiger partial charge in [0.25, 0.3) is 0 Å². The SMILES string of the molecule is CC(C)(C)C1CCC(Oc2ccc3cc(C=O)ccc3c2)CC1.CC(C)(C)C1CCC(Oc2ccc3cc(CNC45CCC(C(=O)O)(CC4)C5)ccc3c2)CC1.CC12CCC(N)(CC1)C2.Cl.O=C=O. The fraction of sp³-hybridized carbons (Fsp3) is 0.610. The standard InChI is InChI=1S/C29H39NO3.C21H26O2.C8H15N.CO2.ClH/c1-27(2,3)23-7-10-24(11-8-23)33-25-9-6-21-16-20(4-5-22(21)17-25)18-30-29-14-12-28(19-29,13-15-29)26(31)32;1-21(2,3)18-7-10-19(11-8-18)23-20-9-6-16-12-15(14-22)4-5-17(16)13-20;1-7-2-4-8(9,6-7)5-3-7;2-1-3;/h4-6,9,16-17,23-24,30H,7-8,10-15,18-19H2,1-3H3,(H,31,32);4-6,9,12-14,18-19H,7-8,10-11H2,1-3H3;2-6,9H2,1H3;;1H. The van der Waals surface area contributed by atoms with E-state index in [1.807, 2.05) is 30.3 Å². The molecule has 0 aromatic heterocycles. The predicted octanol–water partition coefficient (Wildman–Crippen LogP) is 13.8. The summed E-state index contributed by atoms with van der Waals surface area (Å²) in [5.74, 6) is 2.92. The van der Waals surface area contributed by atoms with Crippen molar-refractivity contribution in [3.63, 3.8) is 0 Å². The zero-order valence-electron chi connectivity index (χ0n) is 42.6. The molecule has 0 radical (unpaired) electrons. The number of carbonyl (C=O) groups is 2. The largest absolute Gasteiger partial charge is 0.490 e. The van der Waals surface area contributed by atoms with Crippen LogP contribution >= 0.6 is 12.4 Å². The van der Waals surface area contributed by atoms with Crippen LogP contribution in [-0.2, 0) is 20.9 Å². The predicted molar refractivity (Wildman–Crippen MR) is 278 cm³/mol. The second-order valence-electron chi connectivity index (χ2n) is 24.5. The van der Waals surface area contributed by atoms with Gasteiger partial charge < -0.3 is 25.6 Å². The number of halogens is 1. The van der Waals surface area contributed by atoms with Crippen LogP contribution in [0.5, 0.6) is 11.5 Å². The highest BCUT2D eigenvalue weighted by Gasteiger charge is 2.58. The van der Waals surface area contributed by atoms with Crippen LogP contribution in [0.1, 0.15) is 180 Å². The molecule has 0 unspecified atom stereocenters. The van der Waals surface area contributed by atoms with Crippen LogP contribution in [0.3, 0.4) is 0 Å². The van der Waals surface area contributed by atoms with E-state index in [-0.39, 0.29) is 29.6 Å². The Hall–Kier alpha value is -4.27. The molecule has 376 valence electrons. The van der Waals surface area contributed by atoms with Crippen molar-refractivity contribution < 1.29 is 33.8 Å². The lowest BCUT2D eigenvalue weighted by Crippen LogP contribution is -2.40. The number of nitrogens with two attached hydrogens (primary N) is 1. The molecule has 4 bridgehead atoms. The zero-order chi connectivity index (χ0) is 49.0. The van der Waals surface area contributed by atoms with Crippen molar-refractivity contribution in [1.82, 2.24) is 5.32 Å². The summed E-state index contributed by atoms with van der Waals surface area (Å²) in [5, 5.41) is 18.0. The van der Waals surface area contributed by atoms with Gasteiger partial charge in [-0.25, -0.2) is 0 Å². The smallest absolute Gasteiger partial charge is 0.373 e. The Morgan fingerprint density at radius 1 is 0.667 bits per heavy atom. The van der Waals surface area contributed by atoms with Gasteiger partial charge in [-0.3, -0.25) is 9.59 Å². The number of ether oxygens (including phenoxy) is 2. The average molecular weight is 966 g/mol. The summed E-state index contributed by atoms with van der Waals surface area (Å²) < 4.78 is 12.6. The molecule has 69 heavy (non-hydrogen) atoms. The maximum Gasteiger partial charge on any atom is 0.373 e. The normalized spacial score (nSPS) is 30.0. The first-order valence-corrected chi connectivity index (χ1v) is 25.8. The Kier molecular flexibility index (Phi) is 17.3. The maximum absolute atomic E-state index is 11.7. The average Bonchev–Trinajstić information content (AvgIpc) is 4.06. The van der Waals surface area contributed by atoms with Crippen molar-refractivity contribution in [2.75, 3.05) is 0 Å². The fourth-order valence-electron chi connectivity index (χ4n) is 12.9. The molecule has 0 heterocycles. The number of benzene rings is 4. The molecule has 0 aliphatic heterocycles. The highest BCUT2D eigenvalue weighted by molar-refractivity contribution is 5.90. The molecule has 6 aliphatic rings. The number of carboxylic acids is 1. The van der Waals surface area contributed by atoms with Crippen molar-refractivity contribution in [1.29, 1.82) is 0 Å². The minimum absolute atomic E-state index is 0. The van der Waals surface area contributed by atoms with Crippen LogP contribution in [-0.4, -0.2) is 46.8 Å². The highest BCUT2D eigenvalue weighted by atomic mass is 35.5. The molecule has 0 spiro atoms. The van der Waals surface area contributed by atoms with Crippen molar-refractivity contribution in [2.45, 2.75) is 194 Å². The fourth-order valence-corrected chi connectivity index (χ4v) is 12.9. The zero-order valence-corrected chi connectivity index (χ0v) is 43.4. The van der Waals surface area contributed by atoms with Gasteiger partial charge in [-0.15, -0.1) is 12.4 Å². The molecule has 4 aromatic carbocycles. The lowest BCUT2D eigenvalue weighted by Gasteiger charge is -2.37. The summed E-state index contributed by atoms with van der Waals surface area (Å²) >= 11 is 0. The number of nitrogens with one attached hydrogen (secondary N) is 1. The van der Waals surface area contributed by atoms with Crippen LogP contribution in [0, 0.1) is 33.5 Å². The maximum atomic E-state index is 11.7. The Morgan fingerprint density at radius 2 is 1.12 bits per heavy atom. The van der Waals surface area contributed by atoms with E-state index in [4.69, 9.17) is 24.8 Å². The van der Waals surface area contributed by atoms with E-state index in [2.05, 4.69) is 96.2 Å². The molecule has 0 amide bonds. The first-order chi connectivity index (χ1) is 32.2. The number of fused-ring (bicyclic) bond motifs is 6. The molecule has 10 rings (SSSR count).